The first-order chi connectivity index (χ1) is 5.83. The first-order valence-electron chi connectivity index (χ1n) is 5.59. The smallest absolute Gasteiger partial charge is 0.00695 e. The van der Waals surface area contributed by atoms with Gasteiger partial charge in [-0.25, -0.2) is 0 Å². The van der Waals surface area contributed by atoms with Gasteiger partial charge in [-0.1, -0.05) is 32.6 Å². The largest absolute Gasteiger partial charge is 0.312 e. The summed E-state index contributed by atoms with van der Waals surface area (Å²) in [6.07, 6.45) is 9.77. The van der Waals surface area contributed by atoms with Crippen LogP contribution in [-0.4, -0.2) is 12.1 Å². The zero-order valence-electron chi connectivity index (χ0n) is 8.60. The zero-order chi connectivity index (χ0) is 8.81. The molecule has 0 aromatic heterocycles. The van der Waals surface area contributed by atoms with Gasteiger partial charge in [-0.3, -0.25) is 0 Å². The second-order valence-corrected chi connectivity index (χ2v) is 4.19. The molecular formula is C11H23N. The minimum Gasteiger partial charge on any atom is -0.312 e. The van der Waals surface area contributed by atoms with Crippen LogP contribution in [0.5, 0.6) is 0 Å². The summed E-state index contributed by atoms with van der Waals surface area (Å²) in [5, 5.41) is 3.71. The Labute approximate surface area is 76.9 Å². The van der Waals surface area contributed by atoms with Gasteiger partial charge in [-0.15, -0.1) is 0 Å². The number of hydrogen-bond donors (Lipinski definition) is 1. The highest BCUT2D eigenvalue weighted by Crippen LogP contribution is 2.16. The van der Waals surface area contributed by atoms with Crippen molar-refractivity contribution in [1.82, 2.24) is 5.32 Å². The molecule has 0 saturated carbocycles. The molecule has 0 spiro atoms. The van der Waals surface area contributed by atoms with Crippen LogP contribution in [0.25, 0.3) is 0 Å². The lowest BCUT2D eigenvalue weighted by molar-refractivity contribution is 0.417. The Hall–Kier alpha value is -0.0400. The van der Waals surface area contributed by atoms with Gasteiger partial charge in [0.05, 0.1) is 0 Å². The first kappa shape index (κ1) is 10.0. The van der Waals surface area contributed by atoms with Gasteiger partial charge in [-0.2, -0.15) is 0 Å². The second kappa shape index (κ2) is 5.58. The molecule has 1 heteroatoms. The molecule has 1 fully saturated rings. The summed E-state index contributed by atoms with van der Waals surface area (Å²) in [6, 6.07) is 1.58. The van der Waals surface area contributed by atoms with E-state index < -0.39 is 0 Å². The maximum absolute atomic E-state index is 3.71. The van der Waals surface area contributed by atoms with Crippen molar-refractivity contribution in [1.29, 1.82) is 0 Å². The average Bonchev–Trinajstić information content (AvgIpc) is 2.26. The monoisotopic (exact) mass is 169 g/mol. The van der Waals surface area contributed by atoms with Gasteiger partial charge < -0.3 is 5.32 Å². The molecule has 0 radical (unpaired) electrons. The molecule has 12 heavy (non-hydrogen) atoms. The molecule has 2 unspecified atom stereocenters. The van der Waals surface area contributed by atoms with E-state index in [1.165, 1.54) is 44.9 Å². The van der Waals surface area contributed by atoms with Crippen LogP contribution in [0, 0.1) is 0 Å². The molecule has 0 aromatic rings. The highest BCUT2D eigenvalue weighted by molar-refractivity contribution is 4.75. The van der Waals surface area contributed by atoms with E-state index in [1.807, 2.05) is 0 Å². The summed E-state index contributed by atoms with van der Waals surface area (Å²) in [4.78, 5) is 0. The van der Waals surface area contributed by atoms with E-state index in [1.54, 1.807) is 0 Å². The molecular weight excluding hydrogens is 146 g/mol. The second-order valence-electron chi connectivity index (χ2n) is 4.19. The maximum Gasteiger partial charge on any atom is 0.00695 e. The van der Waals surface area contributed by atoms with Crippen molar-refractivity contribution in [2.24, 2.45) is 0 Å². The Bertz CT molecular complexity index is 112. The van der Waals surface area contributed by atoms with E-state index in [0.717, 1.165) is 12.1 Å². The summed E-state index contributed by atoms with van der Waals surface area (Å²) in [5.74, 6) is 0. The van der Waals surface area contributed by atoms with Crippen LogP contribution < -0.4 is 5.32 Å². The van der Waals surface area contributed by atoms with Crippen LogP contribution in [0.15, 0.2) is 0 Å². The van der Waals surface area contributed by atoms with Crippen molar-refractivity contribution in [3.8, 4) is 0 Å². The molecule has 0 bridgehead atoms. The lowest BCUT2D eigenvalue weighted by atomic mass is 10.1. The number of rotatable bonds is 3. The number of unbranched alkanes of at least 4 members (excludes halogenated alkanes) is 1. The molecule has 1 rings (SSSR count). The molecule has 72 valence electrons. The standard InChI is InChI=1S/C11H23N/c1-3-4-8-11-9-6-5-7-10(2)12-11/h10-12H,3-9H2,1-2H3. The van der Waals surface area contributed by atoms with E-state index in [9.17, 15) is 0 Å². The van der Waals surface area contributed by atoms with Crippen molar-refractivity contribution >= 4 is 0 Å². The number of hydrogen-bond acceptors (Lipinski definition) is 1. The van der Waals surface area contributed by atoms with Crippen molar-refractivity contribution in [3.05, 3.63) is 0 Å². The third-order valence-corrected chi connectivity index (χ3v) is 2.87. The van der Waals surface area contributed by atoms with Gasteiger partial charge in [-0.05, 0) is 26.2 Å². The lowest BCUT2D eigenvalue weighted by Gasteiger charge is -2.19. The Kier molecular flexibility index (Phi) is 4.67. The average molecular weight is 169 g/mol. The fourth-order valence-electron chi connectivity index (χ4n) is 2.09. The highest BCUT2D eigenvalue weighted by Gasteiger charge is 2.14. The third kappa shape index (κ3) is 3.57. The van der Waals surface area contributed by atoms with Crippen molar-refractivity contribution in [3.63, 3.8) is 0 Å². The van der Waals surface area contributed by atoms with Crippen molar-refractivity contribution in [2.75, 3.05) is 0 Å². The normalized spacial score (nSPS) is 31.5. The SMILES string of the molecule is CCCCC1CCCCC(C)N1. The van der Waals surface area contributed by atoms with Crippen LogP contribution in [0.3, 0.4) is 0 Å². The van der Waals surface area contributed by atoms with Gasteiger partial charge in [0.1, 0.15) is 0 Å². The molecule has 1 saturated heterocycles. The van der Waals surface area contributed by atoms with E-state index in [-0.39, 0.29) is 0 Å². The van der Waals surface area contributed by atoms with Crippen LogP contribution in [0.2, 0.25) is 0 Å². The highest BCUT2D eigenvalue weighted by atomic mass is 14.9. The van der Waals surface area contributed by atoms with Gasteiger partial charge in [0.25, 0.3) is 0 Å². The third-order valence-electron chi connectivity index (χ3n) is 2.87. The van der Waals surface area contributed by atoms with Gasteiger partial charge in [0.15, 0.2) is 0 Å². The van der Waals surface area contributed by atoms with Crippen LogP contribution in [0.1, 0.15) is 58.8 Å². The van der Waals surface area contributed by atoms with Gasteiger partial charge >= 0.3 is 0 Å². The Morgan fingerprint density at radius 1 is 1.25 bits per heavy atom. The Morgan fingerprint density at radius 3 is 2.75 bits per heavy atom. The molecule has 0 aromatic carbocycles. The molecule has 1 N–H and O–H groups in total. The van der Waals surface area contributed by atoms with Gasteiger partial charge in [0, 0.05) is 12.1 Å². The van der Waals surface area contributed by atoms with E-state index >= 15 is 0 Å². The van der Waals surface area contributed by atoms with Gasteiger partial charge in [0.2, 0.25) is 0 Å². The van der Waals surface area contributed by atoms with Crippen molar-refractivity contribution < 1.29 is 0 Å². The van der Waals surface area contributed by atoms with Crippen LogP contribution in [0.4, 0.5) is 0 Å². The first-order valence-corrected chi connectivity index (χ1v) is 5.59. The predicted octanol–water partition coefficient (Wildman–Crippen LogP) is 3.10. The molecule has 1 aliphatic heterocycles. The fourth-order valence-corrected chi connectivity index (χ4v) is 2.09. The molecule has 2 atom stereocenters. The summed E-state index contributed by atoms with van der Waals surface area (Å²) in [5.41, 5.74) is 0. The van der Waals surface area contributed by atoms with Crippen molar-refractivity contribution in [2.45, 2.75) is 70.9 Å². The topological polar surface area (TPSA) is 12.0 Å². The predicted molar refractivity (Wildman–Crippen MR) is 54.4 cm³/mol. The molecule has 0 aliphatic carbocycles. The minimum atomic E-state index is 0.759. The zero-order valence-corrected chi connectivity index (χ0v) is 8.60. The molecule has 1 nitrogen and oxygen atoms in total. The van der Waals surface area contributed by atoms with E-state index in [0.29, 0.717) is 0 Å². The number of nitrogens with one attached hydrogen (secondary N) is 1. The van der Waals surface area contributed by atoms with Crippen LogP contribution in [-0.2, 0) is 0 Å². The summed E-state index contributed by atoms with van der Waals surface area (Å²) in [7, 11) is 0. The molecule has 0 amide bonds. The summed E-state index contributed by atoms with van der Waals surface area (Å²) in [6.45, 7) is 4.60. The molecule has 1 heterocycles. The maximum atomic E-state index is 3.71. The fraction of sp³-hybridized carbons (Fsp3) is 1.00. The quantitative estimate of drug-likeness (QED) is 0.684. The summed E-state index contributed by atoms with van der Waals surface area (Å²) < 4.78 is 0. The van der Waals surface area contributed by atoms with E-state index in [2.05, 4.69) is 19.2 Å². The lowest BCUT2D eigenvalue weighted by Crippen LogP contribution is -2.34. The molecule has 1 aliphatic rings. The summed E-state index contributed by atoms with van der Waals surface area (Å²) >= 11 is 0. The Morgan fingerprint density at radius 2 is 2.00 bits per heavy atom. The Balaban J connectivity index is 2.21. The van der Waals surface area contributed by atoms with Crippen LogP contribution >= 0.6 is 0 Å². The minimum absolute atomic E-state index is 0.759. The van der Waals surface area contributed by atoms with E-state index in [4.69, 9.17) is 0 Å².